The van der Waals surface area contributed by atoms with Gasteiger partial charge < -0.3 is 9.80 Å². The van der Waals surface area contributed by atoms with E-state index in [1.807, 2.05) is 42.3 Å². The lowest BCUT2D eigenvalue weighted by atomic mass is 9.93. The Morgan fingerprint density at radius 2 is 1.86 bits per heavy atom. The van der Waals surface area contributed by atoms with Crippen LogP contribution in [-0.4, -0.2) is 48.9 Å². The van der Waals surface area contributed by atoms with E-state index in [4.69, 9.17) is 0 Å². The highest BCUT2D eigenvalue weighted by Gasteiger charge is 2.52. The summed E-state index contributed by atoms with van der Waals surface area (Å²) in [5.41, 5.74) is 2.08. The van der Waals surface area contributed by atoms with Gasteiger partial charge in [-0.3, -0.25) is 4.79 Å². The van der Waals surface area contributed by atoms with Crippen LogP contribution < -0.4 is 0 Å². The second-order valence-electron chi connectivity index (χ2n) is 8.82. The van der Waals surface area contributed by atoms with Crippen LogP contribution in [0.15, 0.2) is 54.6 Å². The third kappa shape index (κ3) is 4.69. The van der Waals surface area contributed by atoms with Gasteiger partial charge in [-0.1, -0.05) is 42.5 Å². The third-order valence-electron chi connectivity index (χ3n) is 6.60. The third-order valence-corrected chi connectivity index (χ3v) is 6.60. The summed E-state index contributed by atoms with van der Waals surface area (Å²) >= 11 is 0. The van der Waals surface area contributed by atoms with E-state index in [0.29, 0.717) is 5.92 Å². The normalized spacial score (nSPS) is 21.0. The summed E-state index contributed by atoms with van der Waals surface area (Å²) in [5, 5.41) is 0. The number of piperidine rings is 1. The molecule has 154 valence electrons. The first-order valence-corrected chi connectivity index (χ1v) is 10.8. The van der Waals surface area contributed by atoms with Gasteiger partial charge in [-0.2, -0.15) is 0 Å². The minimum Gasteiger partial charge on any atom is -0.345 e. The van der Waals surface area contributed by atoms with Crippen molar-refractivity contribution in [3.05, 3.63) is 71.5 Å². The maximum absolute atomic E-state index is 13.2. The number of carbonyl (C=O) groups excluding carboxylic acids is 1. The summed E-state index contributed by atoms with van der Waals surface area (Å²) < 4.78 is 13.1. The van der Waals surface area contributed by atoms with E-state index in [0.717, 1.165) is 45.4 Å². The summed E-state index contributed by atoms with van der Waals surface area (Å²) in [5.74, 6) is 0.632. The molecule has 1 heterocycles. The van der Waals surface area contributed by atoms with Crippen LogP contribution in [0.25, 0.3) is 0 Å². The van der Waals surface area contributed by atoms with Crippen molar-refractivity contribution in [3.63, 3.8) is 0 Å². The van der Waals surface area contributed by atoms with Gasteiger partial charge in [0.05, 0.1) is 5.41 Å². The molecule has 1 saturated heterocycles. The summed E-state index contributed by atoms with van der Waals surface area (Å²) in [6, 6.07) is 17.1. The van der Waals surface area contributed by atoms with Gasteiger partial charge in [-0.15, -0.1) is 0 Å². The van der Waals surface area contributed by atoms with Crippen LogP contribution in [0.2, 0.25) is 0 Å². The molecule has 1 amide bonds. The van der Waals surface area contributed by atoms with Gasteiger partial charge >= 0.3 is 0 Å². The molecule has 0 N–H and O–H groups in total. The van der Waals surface area contributed by atoms with Gasteiger partial charge in [0.15, 0.2) is 0 Å². The van der Waals surface area contributed by atoms with Crippen molar-refractivity contribution in [2.45, 2.75) is 37.5 Å². The van der Waals surface area contributed by atoms with Gasteiger partial charge in [0.1, 0.15) is 5.82 Å². The Hall–Kier alpha value is -2.20. The molecular formula is C25H31FN2O. The topological polar surface area (TPSA) is 23.6 Å². The second kappa shape index (κ2) is 8.66. The number of likely N-dealkylation sites (tertiary alicyclic amines) is 1. The summed E-state index contributed by atoms with van der Waals surface area (Å²) in [6.07, 6.45) is 5.24. The Kier molecular flexibility index (Phi) is 6.00. The predicted molar refractivity (Wildman–Crippen MR) is 114 cm³/mol. The molecule has 0 aromatic heterocycles. The average Bonchev–Trinajstić information content (AvgIpc) is 3.56. The van der Waals surface area contributed by atoms with Crippen LogP contribution in [0, 0.1) is 11.7 Å². The van der Waals surface area contributed by atoms with Gasteiger partial charge in [-0.25, -0.2) is 4.39 Å². The average molecular weight is 395 g/mol. The molecule has 29 heavy (non-hydrogen) atoms. The first kappa shape index (κ1) is 20.1. The molecule has 2 aliphatic rings. The molecule has 1 atom stereocenters. The quantitative estimate of drug-likeness (QED) is 0.700. The lowest BCUT2D eigenvalue weighted by molar-refractivity contribution is -0.133. The Morgan fingerprint density at radius 1 is 1.14 bits per heavy atom. The van der Waals surface area contributed by atoms with Crippen molar-refractivity contribution >= 4 is 5.91 Å². The number of rotatable bonds is 7. The highest BCUT2D eigenvalue weighted by atomic mass is 19.1. The summed E-state index contributed by atoms with van der Waals surface area (Å²) in [7, 11) is 1.98. The molecule has 0 spiro atoms. The first-order valence-electron chi connectivity index (χ1n) is 10.8. The molecule has 2 aromatic carbocycles. The van der Waals surface area contributed by atoms with E-state index in [-0.39, 0.29) is 17.1 Å². The lowest BCUT2D eigenvalue weighted by Gasteiger charge is -2.35. The van der Waals surface area contributed by atoms with Crippen molar-refractivity contribution in [1.82, 2.24) is 9.80 Å². The Balaban J connectivity index is 1.30. The minimum absolute atomic E-state index is 0.177. The molecule has 2 aromatic rings. The zero-order chi connectivity index (χ0) is 20.3. The zero-order valence-electron chi connectivity index (χ0n) is 17.3. The molecule has 4 rings (SSSR count). The van der Waals surface area contributed by atoms with Crippen LogP contribution >= 0.6 is 0 Å². The van der Waals surface area contributed by atoms with E-state index < -0.39 is 0 Å². The molecule has 0 radical (unpaired) electrons. The largest absolute Gasteiger partial charge is 0.345 e. The number of carbonyl (C=O) groups is 1. The smallest absolute Gasteiger partial charge is 0.232 e. The SMILES string of the molecule is CN(CC1CCCN(CCc2ccc(F)cc2)C1)C(=O)C1(c2ccccc2)CC1. The Labute approximate surface area is 173 Å². The van der Waals surface area contributed by atoms with Gasteiger partial charge in [-0.05, 0) is 67.8 Å². The molecular weight excluding hydrogens is 363 g/mol. The van der Waals surface area contributed by atoms with Crippen molar-refractivity contribution in [2.75, 3.05) is 33.2 Å². The van der Waals surface area contributed by atoms with Crippen LogP contribution in [0.5, 0.6) is 0 Å². The van der Waals surface area contributed by atoms with E-state index in [2.05, 4.69) is 17.0 Å². The van der Waals surface area contributed by atoms with Crippen molar-refractivity contribution in [2.24, 2.45) is 5.92 Å². The maximum atomic E-state index is 13.2. The van der Waals surface area contributed by atoms with E-state index in [9.17, 15) is 9.18 Å². The fraction of sp³-hybridized carbons (Fsp3) is 0.480. The van der Waals surface area contributed by atoms with Crippen LogP contribution in [-0.2, 0) is 16.6 Å². The predicted octanol–water partition coefficient (Wildman–Crippen LogP) is 4.27. The second-order valence-corrected chi connectivity index (χ2v) is 8.82. The zero-order valence-corrected chi connectivity index (χ0v) is 17.3. The number of benzene rings is 2. The number of hydrogen-bond donors (Lipinski definition) is 0. The van der Waals surface area contributed by atoms with Crippen LogP contribution in [0.4, 0.5) is 4.39 Å². The van der Waals surface area contributed by atoms with Crippen molar-refractivity contribution in [1.29, 1.82) is 0 Å². The monoisotopic (exact) mass is 394 g/mol. The van der Waals surface area contributed by atoms with Crippen LogP contribution in [0.3, 0.4) is 0 Å². The Morgan fingerprint density at radius 3 is 2.55 bits per heavy atom. The number of hydrogen-bond acceptors (Lipinski definition) is 2. The molecule has 1 aliphatic heterocycles. The van der Waals surface area contributed by atoms with E-state index in [1.54, 1.807) is 0 Å². The molecule has 1 unspecified atom stereocenters. The molecule has 4 heteroatoms. The maximum Gasteiger partial charge on any atom is 0.232 e. The van der Waals surface area contributed by atoms with Gasteiger partial charge in [0.25, 0.3) is 0 Å². The molecule has 2 fully saturated rings. The first-order chi connectivity index (χ1) is 14.1. The lowest BCUT2D eigenvalue weighted by Crippen LogP contribution is -2.44. The minimum atomic E-state index is -0.271. The number of nitrogens with zero attached hydrogens (tertiary/aromatic N) is 2. The van der Waals surface area contributed by atoms with Crippen LogP contribution in [0.1, 0.15) is 36.8 Å². The standard InChI is InChI=1S/C25H31FN2O/c1-27(24(29)25(14-15-25)22-7-3-2-4-8-22)18-21-6-5-16-28(19-21)17-13-20-9-11-23(26)12-10-20/h2-4,7-12,21H,5-6,13-19H2,1H3. The highest BCUT2D eigenvalue weighted by molar-refractivity contribution is 5.91. The number of halogens is 1. The molecule has 0 bridgehead atoms. The fourth-order valence-corrected chi connectivity index (χ4v) is 4.79. The molecule has 3 nitrogen and oxygen atoms in total. The van der Waals surface area contributed by atoms with Gasteiger partial charge in [0, 0.05) is 26.7 Å². The highest BCUT2D eigenvalue weighted by Crippen LogP contribution is 2.49. The van der Waals surface area contributed by atoms with Crippen molar-refractivity contribution in [3.8, 4) is 0 Å². The van der Waals surface area contributed by atoms with E-state index >= 15 is 0 Å². The summed E-state index contributed by atoms with van der Waals surface area (Å²) in [4.78, 5) is 17.7. The van der Waals surface area contributed by atoms with Crippen molar-refractivity contribution < 1.29 is 9.18 Å². The number of likely N-dealkylation sites (N-methyl/N-ethyl adjacent to an activating group) is 1. The van der Waals surface area contributed by atoms with Gasteiger partial charge in [0.2, 0.25) is 5.91 Å². The fourth-order valence-electron chi connectivity index (χ4n) is 4.79. The summed E-state index contributed by atoms with van der Waals surface area (Å²) in [6.45, 7) is 3.98. The Bertz CT molecular complexity index is 816. The number of amides is 1. The molecule has 1 aliphatic carbocycles. The van der Waals surface area contributed by atoms with E-state index in [1.165, 1.54) is 36.1 Å². The molecule has 1 saturated carbocycles.